The molecule has 1 fully saturated rings. The van der Waals surface area contributed by atoms with Gasteiger partial charge in [0, 0.05) is 6.07 Å². The lowest BCUT2D eigenvalue weighted by Gasteiger charge is -2.22. The summed E-state index contributed by atoms with van der Waals surface area (Å²) in [4.78, 5) is 38.0. The maximum absolute atomic E-state index is 13.2. The van der Waals surface area contributed by atoms with E-state index in [9.17, 15) is 18.8 Å². The molecule has 2 N–H and O–H groups in total. The number of ether oxygens (including phenoxy) is 2. The molecule has 0 spiro atoms. The van der Waals surface area contributed by atoms with Crippen molar-refractivity contribution in [2.45, 2.75) is 12.5 Å². The lowest BCUT2D eigenvalue weighted by Crippen LogP contribution is -2.43. The van der Waals surface area contributed by atoms with Crippen molar-refractivity contribution in [2.75, 3.05) is 26.8 Å². The van der Waals surface area contributed by atoms with E-state index in [0.29, 0.717) is 17.1 Å². The molecule has 0 radical (unpaired) electrons. The Balaban J connectivity index is 1.51. The number of carbonyl (C=O) groups excluding carboxylic acids is 3. The number of rotatable bonds is 8. The first-order valence-electron chi connectivity index (χ1n) is 9.27. The highest BCUT2D eigenvalue weighted by atomic mass is 19.1. The monoisotopic (exact) mass is 415 g/mol. The van der Waals surface area contributed by atoms with Crippen LogP contribution in [0, 0.1) is 5.82 Å². The van der Waals surface area contributed by atoms with Gasteiger partial charge in [-0.05, 0) is 36.8 Å². The molecule has 1 heterocycles. The fourth-order valence-electron chi connectivity index (χ4n) is 3.07. The van der Waals surface area contributed by atoms with Crippen LogP contribution in [-0.2, 0) is 15.1 Å². The van der Waals surface area contributed by atoms with E-state index >= 15 is 0 Å². The number of hydrogen-bond acceptors (Lipinski definition) is 5. The topological polar surface area (TPSA) is 97.0 Å². The fraction of sp³-hybridized carbons (Fsp3) is 0.286. The van der Waals surface area contributed by atoms with E-state index in [2.05, 4.69) is 10.6 Å². The highest BCUT2D eigenvalue weighted by Gasteiger charge is 2.49. The van der Waals surface area contributed by atoms with Crippen molar-refractivity contribution in [3.63, 3.8) is 0 Å². The number of hydrogen-bond donors (Lipinski definition) is 2. The minimum atomic E-state index is -1.36. The molecule has 0 bridgehead atoms. The number of imide groups is 1. The third-order valence-corrected chi connectivity index (χ3v) is 4.73. The molecular formula is C21H22FN3O5. The maximum Gasteiger partial charge on any atom is 0.325 e. The first-order valence-corrected chi connectivity index (χ1v) is 9.27. The molecule has 158 valence electrons. The highest BCUT2D eigenvalue weighted by molar-refractivity contribution is 6.09. The van der Waals surface area contributed by atoms with Crippen LogP contribution in [0.3, 0.4) is 0 Å². The van der Waals surface area contributed by atoms with Crippen LogP contribution < -0.4 is 20.1 Å². The summed E-state index contributed by atoms with van der Waals surface area (Å²) in [5.74, 6) is -0.295. The number of nitrogens with zero attached hydrogens (tertiary/aromatic N) is 1. The quantitative estimate of drug-likeness (QED) is 0.506. The Labute approximate surface area is 173 Å². The van der Waals surface area contributed by atoms with Crippen molar-refractivity contribution in [1.82, 2.24) is 15.5 Å². The van der Waals surface area contributed by atoms with Crippen LogP contribution in [0.25, 0.3) is 0 Å². The zero-order valence-electron chi connectivity index (χ0n) is 16.6. The summed E-state index contributed by atoms with van der Waals surface area (Å²) in [7, 11) is 1.55. The van der Waals surface area contributed by atoms with Crippen molar-refractivity contribution in [3.05, 3.63) is 59.9 Å². The van der Waals surface area contributed by atoms with E-state index in [0.717, 1.165) is 4.90 Å². The third-order valence-electron chi connectivity index (χ3n) is 4.73. The second kappa shape index (κ2) is 8.81. The van der Waals surface area contributed by atoms with Crippen molar-refractivity contribution in [2.24, 2.45) is 0 Å². The van der Waals surface area contributed by atoms with Gasteiger partial charge in [-0.1, -0.05) is 18.2 Å². The maximum atomic E-state index is 13.2. The van der Waals surface area contributed by atoms with Gasteiger partial charge in [0.15, 0.2) is 0 Å². The standard InChI is InChI=1S/C21H22FN3O5/c1-21(14-6-8-15(22)9-7-14)19(27)25(20(28)24-21)13-18(26)23-10-11-30-17-5-3-4-16(12-17)29-2/h3-9,12H,10-11,13H2,1-2H3,(H,23,26)(H,24,28). The number of methoxy groups -OCH3 is 1. The molecule has 2 aromatic carbocycles. The predicted octanol–water partition coefficient (Wildman–Crippen LogP) is 1.80. The first kappa shape index (κ1) is 21.1. The normalized spacial score (nSPS) is 18.2. The van der Waals surface area contributed by atoms with E-state index in [1.165, 1.54) is 31.2 Å². The molecular weight excluding hydrogens is 393 g/mol. The number of halogens is 1. The van der Waals surface area contributed by atoms with Crippen LogP contribution in [0.1, 0.15) is 12.5 Å². The number of nitrogens with one attached hydrogen (secondary N) is 2. The summed E-state index contributed by atoms with van der Waals surface area (Å²) < 4.78 is 23.8. The number of carbonyl (C=O) groups is 3. The minimum Gasteiger partial charge on any atom is -0.497 e. The molecule has 1 aliphatic heterocycles. The zero-order chi connectivity index (χ0) is 21.7. The van der Waals surface area contributed by atoms with Crippen LogP contribution in [0.5, 0.6) is 11.5 Å². The molecule has 2 aromatic rings. The van der Waals surface area contributed by atoms with Gasteiger partial charge in [0.1, 0.15) is 36.0 Å². The van der Waals surface area contributed by atoms with E-state index in [1.807, 2.05) is 0 Å². The van der Waals surface area contributed by atoms with Crippen molar-refractivity contribution in [1.29, 1.82) is 0 Å². The summed E-state index contributed by atoms with van der Waals surface area (Å²) in [5, 5.41) is 5.17. The number of benzene rings is 2. The molecule has 3 rings (SSSR count). The number of urea groups is 1. The fourth-order valence-corrected chi connectivity index (χ4v) is 3.07. The minimum absolute atomic E-state index is 0.189. The van der Waals surface area contributed by atoms with Gasteiger partial charge < -0.3 is 20.1 Å². The van der Waals surface area contributed by atoms with E-state index in [-0.39, 0.29) is 13.2 Å². The summed E-state index contributed by atoms with van der Waals surface area (Å²) >= 11 is 0. The Morgan fingerprint density at radius 2 is 1.87 bits per heavy atom. The summed E-state index contributed by atoms with van der Waals surface area (Å²) in [6, 6.07) is 11.6. The van der Waals surface area contributed by atoms with Crippen LogP contribution in [0.15, 0.2) is 48.5 Å². The van der Waals surface area contributed by atoms with Crippen LogP contribution in [0.4, 0.5) is 9.18 Å². The van der Waals surface area contributed by atoms with Gasteiger partial charge in [-0.25, -0.2) is 9.18 Å². The molecule has 30 heavy (non-hydrogen) atoms. The molecule has 4 amide bonds. The predicted molar refractivity (Wildman–Crippen MR) is 105 cm³/mol. The molecule has 8 nitrogen and oxygen atoms in total. The molecule has 1 atom stereocenters. The first-order chi connectivity index (χ1) is 14.3. The Bertz CT molecular complexity index is 950. The lowest BCUT2D eigenvalue weighted by atomic mass is 9.92. The molecule has 1 aliphatic rings. The summed E-state index contributed by atoms with van der Waals surface area (Å²) in [6.45, 7) is 1.47. The van der Waals surface area contributed by atoms with Gasteiger partial charge in [0.25, 0.3) is 5.91 Å². The Hall–Kier alpha value is -3.62. The summed E-state index contributed by atoms with van der Waals surface area (Å²) in [5.41, 5.74) is -0.933. The Morgan fingerprint density at radius 1 is 1.17 bits per heavy atom. The molecule has 0 saturated carbocycles. The zero-order valence-corrected chi connectivity index (χ0v) is 16.6. The van der Waals surface area contributed by atoms with E-state index < -0.39 is 35.7 Å². The van der Waals surface area contributed by atoms with Gasteiger partial charge >= 0.3 is 6.03 Å². The highest BCUT2D eigenvalue weighted by Crippen LogP contribution is 2.28. The third kappa shape index (κ3) is 4.51. The smallest absolute Gasteiger partial charge is 0.325 e. The lowest BCUT2D eigenvalue weighted by molar-refractivity contribution is -0.134. The average molecular weight is 415 g/mol. The van der Waals surface area contributed by atoms with Crippen molar-refractivity contribution in [3.8, 4) is 11.5 Å². The SMILES string of the molecule is COc1cccc(OCCNC(=O)CN2C(=O)NC(C)(c3ccc(F)cc3)C2=O)c1. The molecule has 1 unspecified atom stereocenters. The van der Waals surface area contributed by atoms with Crippen molar-refractivity contribution < 1.29 is 28.2 Å². The van der Waals surface area contributed by atoms with Crippen LogP contribution >= 0.6 is 0 Å². The average Bonchev–Trinajstić information content (AvgIpc) is 2.95. The molecule has 0 aliphatic carbocycles. The Morgan fingerprint density at radius 3 is 2.57 bits per heavy atom. The Kier molecular flexibility index (Phi) is 6.20. The molecule has 1 saturated heterocycles. The second-order valence-electron chi connectivity index (χ2n) is 6.83. The van der Waals surface area contributed by atoms with Crippen LogP contribution in [0.2, 0.25) is 0 Å². The number of amides is 4. The van der Waals surface area contributed by atoms with Gasteiger partial charge in [-0.2, -0.15) is 0 Å². The molecule has 9 heteroatoms. The van der Waals surface area contributed by atoms with Gasteiger partial charge in [-0.15, -0.1) is 0 Å². The summed E-state index contributed by atoms with van der Waals surface area (Å²) in [6.07, 6.45) is 0. The van der Waals surface area contributed by atoms with Crippen molar-refractivity contribution >= 4 is 17.8 Å². The second-order valence-corrected chi connectivity index (χ2v) is 6.83. The van der Waals surface area contributed by atoms with Crippen LogP contribution in [-0.4, -0.2) is 49.6 Å². The van der Waals surface area contributed by atoms with E-state index in [1.54, 1.807) is 31.4 Å². The van der Waals surface area contributed by atoms with Gasteiger partial charge in [0.05, 0.1) is 13.7 Å². The van der Waals surface area contributed by atoms with Gasteiger partial charge in [0.2, 0.25) is 5.91 Å². The van der Waals surface area contributed by atoms with E-state index in [4.69, 9.17) is 9.47 Å². The van der Waals surface area contributed by atoms with Gasteiger partial charge in [-0.3, -0.25) is 14.5 Å². The largest absolute Gasteiger partial charge is 0.497 e. The molecule has 0 aromatic heterocycles.